The van der Waals surface area contributed by atoms with Crippen LogP contribution in [-0.2, 0) is 13.0 Å². The summed E-state index contributed by atoms with van der Waals surface area (Å²) in [5.74, 6) is 2.56. The second kappa shape index (κ2) is 6.80. The third kappa shape index (κ3) is 3.84. The summed E-state index contributed by atoms with van der Waals surface area (Å²) >= 11 is 0. The Labute approximate surface area is 106 Å². The van der Waals surface area contributed by atoms with Crippen molar-refractivity contribution in [2.24, 2.45) is 11.8 Å². The molecule has 0 aromatic carbocycles. The Morgan fingerprint density at radius 2 is 2.06 bits per heavy atom. The van der Waals surface area contributed by atoms with Gasteiger partial charge < -0.3 is 9.88 Å². The molecule has 0 saturated heterocycles. The number of rotatable bonds is 7. The number of aryl methyl sites for hydroxylation is 1. The highest BCUT2D eigenvalue weighted by Crippen LogP contribution is 2.17. The molecule has 0 radical (unpaired) electrons. The second-order valence-electron chi connectivity index (χ2n) is 5.24. The Balaban J connectivity index is 2.70. The Kier molecular flexibility index (Phi) is 5.69. The Bertz CT molecular complexity index is 317. The van der Waals surface area contributed by atoms with Crippen LogP contribution in [0.3, 0.4) is 0 Å². The molecular weight excluding hydrogens is 210 g/mol. The van der Waals surface area contributed by atoms with Crippen LogP contribution in [0.15, 0.2) is 12.4 Å². The molecule has 0 saturated carbocycles. The molecular formula is C14H27N3. The molecule has 1 heterocycles. The van der Waals surface area contributed by atoms with Gasteiger partial charge in [0.25, 0.3) is 0 Å². The van der Waals surface area contributed by atoms with E-state index in [4.69, 9.17) is 0 Å². The van der Waals surface area contributed by atoms with Crippen molar-refractivity contribution in [1.29, 1.82) is 0 Å². The number of imidazole rings is 1. The Morgan fingerprint density at radius 3 is 2.59 bits per heavy atom. The summed E-state index contributed by atoms with van der Waals surface area (Å²) in [7, 11) is 2.05. The minimum absolute atomic E-state index is 0.507. The van der Waals surface area contributed by atoms with Gasteiger partial charge in [0.2, 0.25) is 0 Å². The van der Waals surface area contributed by atoms with Crippen molar-refractivity contribution >= 4 is 0 Å². The molecule has 2 atom stereocenters. The summed E-state index contributed by atoms with van der Waals surface area (Å²) in [6.07, 6.45) is 6.18. The van der Waals surface area contributed by atoms with Crippen molar-refractivity contribution in [3.05, 3.63) is 18.2 Å². The summed E-state index contributed by atoms with van der Waals surface area (Å²) < 4.78 is 2.28. The standard InChI is InChI=1S/C14H27N3/c1-6-8-17-9-7-16-14(17)10-13(15-5)12(4)11(2)3/h7,9,11-13,15H,6,8,10H2,1-5H3. The summed E-state index contributed by atoms with van der Waals surface area (Å²) in [6.45, 7) is 10.2. The van der Waals surface area contributed by atoms with E-state index < -0.39 is 0 Å². The van der Waals surface area contributed by atoms with Crippen molar-refractivity contribution in [3.63, 3.8) is 0 Å². The third-order valence-electron chi connectivity index (χ3n) is 3.73. The first-order chi connectivity index (χ1) is 8.10. The quantitative estimate of drug-likeness (QED) is 0.790. The highest BCUT2D eigenvalue weighted by Gasteiger charge is 2.20. The number of nitrogens with zero attached hydrogens (tertiary/aromatic N) is 2. The van der Waals surface area contributed by atoms with Gasteiger partial charge in [-0.1, -0.05) is 27.7 Å². The van der Waals surface area contributed by atoms with Crippen LogP contribution in [0.25, 0.3) is 0 Å². The average molecular weight is 237 g/mol. The molecule has 1 rings (SSSR count). The lowest BCUT2D eigenvalue weighted by molar-refractivity contribution is 0.304. The van der Waals surface area contributed by atoms with E-state index in [9.17, 15) is 0 Å². The lowest BCUT2D eigenvalue weighted by Gasteiger charge is -2.26. The van der Waals surface area contributed by atoms with Gasteiger partial charge in [-0.25, -0.2) is 4.98 Å². The van der Waals surface area contributed by atoms with Crippen molar-refractivity contribution in [1.82, 2.24) is 14.9 Å². The molecule has 0 spiro atoms. The topological polar surface area (TPSA) is 29.9 Å². The molecule has 1 aromatic heterocycles. The van der Waals surface area contributed by atoms with Crippen LogP contribution in [0.2, 0.25) is 0 Å². The van der Waals surface area contributed by atoms with Crippen LogP contribution in [0.1, 0.15) is 39.9 Å². The number of hydrogen-bond acceptors (Lipinski definition) is 2. The van der Waals surface area contributed by atoms with Crippen molar-refractivity contribution in [2.75, 3.05) is 7.05 Å². The van der Waals surface area contributed by atoms with E-state index in [0.717, 1.165) is 19.4 Å². The summed E-state index contributed by atoms with van der Waals surface area (Å²) in [6, 6.07) is 0.507. The van der Waals surface area contributed by atoms with E-state index in [1.807, 2.05) is 6.20 Å². The first-order valence-electron chi connectivity index (χ1n) is 6.77. The van der Waals surface area contributed by atoms with Gasteiger partial charge in [-0.15, -0.1) is 0 Å². The molecule has 0 aliphatic rings. The lowest BCUT2D eigenvalue weighted by atomic mass is 9.88. The first kappa shape index (κ1) is 14.2. The summed E-state index contributed by atoms with van der Waals surface area (Å²) in [5.41, 5.74) is 0. The van der Waals surface area contributed by atoms with Gasteiger partial charge >= 0.3 is 0 Å². The van der Waals surface area contributed by atoms with E-state index in [1.165, 1.54) is 5.82 Å². The van der Waals surface area contributed by atoms with Gasteiger partial charge in [0, 0.05) is 31.4 Å². The Morgan fingerprint density at radius 1 is 1.35 bits per heavy atom. The number of likely N-dealkylation sites (N-methyl/N-ethyl adjacent to an activating group) is 1. The van der Waals surface area contributed by atoms with Gasteiger partial charge in [0.05, 0.1) is 0 Å². The van der Waals surface area contributed by atoms with Crippen molar-refractivity contribution < 1.29 is 0 Å². The molecule has 3 nitrogen and oxygen atoms in total. The predicted molar refractivity (Wildman–Crippen MR) is 73.1 cm³/mol. The Hall–Kier alpha value is -0.830. The maximum absolute atomic E-state index is 4.49. The normalized spacial score (nSPS) is 15.2. The fourth-order valence-electron chi connectivity index (χ4n) is 2.19. The van der Waals surface area contributed by atoms with E-state index in [-0.39, 0.29) is 0 Å². The number of hydrogen-bond donors (Lipinski definition) is 1. The fraction of sp³-hybridized carbons (Fsp3) is 0.786. The van der Waals surface area contributed by atoms with E-state index in [0.29, 0.717) is 17.9 Å². The van der Waals surface area contributed by atoms with Gasteiger partial charge in [0.1, 0.15) is 5.82 Å². The number of nitrogens with one attached hydrogen (secondary N) is 1. The smallest absolute Gasteiger partial charge is 0.110 e. The molecule has 0 aliphatic heterocycles. The average Bonchev–Trinajstić information content (AvgIpc) is 2.73. The van der Waals surface area contributed by atoms with Crippen molar-refractivity contribution in [2.45, 2.75) is 53.1 Å². The van der Waals surface area contributed by atoms with Crippen LogP contribution < -0.4 is 5.32 Å². The zero-order valence-electron chi connectivity index (χ0n) is 11.9. The zero-order chi connectivity index (χ0) is 12.8. The second-order valence-corrected chi connectivity index (χ2v) is 5.24. The highest BCUT2D eigenvalue weighted by molar-refractivity contribution is 4.96. The SMILES string of the molecule is CCCn1ccnc1CC(NC)C(C)C(C)C. The molecule has 1 N–H and O–H groups in total. The van der Waals surface area contributed by atoms with Crippen LogP contribution in [0.5, 0.6) is 0 Å². The third-order valence-corrected chi connectivity index (χ3v) is 3.73. The van der Waals surface area contributed by atoms with E-state index >= 15 is 0 Å². The van der Waals surface area contributed by atoms with Gasteiger partial charge in [-0.05, 0) is 25.3 Å². The summed E-state index contributed by atoms with van der Waals surface area (Å²) in [4.78, 5) is 4.49. The minimum Gasteiger partial charge on any atom is -0.335 e. The number of aromatic nitrogens is 2. The van der Waals surface area contributed by atoms with Gasteiger partial charge in [-0.3, -0.25) is 0 Å². The molecule has 0 aliphatic carbocycles. The highest BCUT2D eigenvalue weighted by atomic mass is 15.1. The maximum Gasteiger partial charge on any atom is 0.110 e. The molecule has 0 bridgehead atoms. The largest absolute Gasteiger partial charge is 0.335 e. The predicted octanol–water partition coefficient (Wildman–Crippen LogP) is 2.72. The van der Waals surface area contributed by atoms with Gasteiger partial charge in [-0.2, -0.15) is 0 Å². The van der Waals surface area contributed by atoms with E-state index in [1.54, 1.807) is 0 Å². The molecule has 0 amide bonds. The van der Waals surface area contributed by atoms with Crippen molar-refractivity contribution in [3.8, 4) is 0 Å². The lowest BCUT2D eigenvalue weighted by Crippen LogP contribution is -2.37. The molecule has 0 fully saturated rings. The molecule has 3 heteroatoms. The van der Waals surface area contributed by atoms with E-state index in [2.05, 4.69) is 55.8 Å². The minimum atomic E-state index is 0.507. The van der Waals surface area contributed by atoms with Crippen LogP contribution in [0.4, 0.5) is 0 Å². The zero-order valence-corrected chi connectivity index (χ0v) is 11.9. The first-order valence-corrected chi connectivity index (χ1v) is 6.77. The maximum atomic E-state index is 4.49. The fourth-order valence-corrected chi connectivity index (χ4v) is 2.19. The van der Waals surface area contributed by atoms with Crippen LogP contribution in [0, 0.1) is 11.8 Å². The van der Waals surface area contributed by atoms with Crippen LogP contribution in [-0.4, -0.2) is 22.6 Å². The summed E-state index contributed by atoms with van der Waals surface area (Å²) in [5, 5.41) is 3.44. The molecule has 17 heavy (non-hydrogen) atoms. The molecule has 1 aromatic rings. The molecule has 98 valence electrons. The van der Waals surface area contributed by atoms with Crippen LogP contribution >= 0.6 is 0 Å². The monoisotopic (exact) mass is 237 g/mol. The molecule has 2 unspecified atom stereocenters. The van der Waals surface area contributed by atoms with Gasteiger partial charge in [0.15, 0.2) is 0 Å².